The molecule has 2 unspecified atom stereocenters. The van der Waals surface area contributed by atoms with E-state index in [2.05, 4.69) is 43.5 Å². The summed E-state index contributed by atoms with van der Waals surface area (Å²) in [7, 11) is 0. The second-order valence-electron chi connectivity index (χ2n) is 18.9. The van der Waals surface area contributed by atoms with Crippen molar-refractivity contribution < 1.29 is 24.5 Å². The molecule has 6 nitrogen and oxygen atoms in total. The lowest BCUT2D eigenvalue weighted by Gasteiger charge is -2.19. The maximum Gasteiger partial charge on any atom is 0.305 e. The van der Waals surface area contributed by atoms with Crippen LogP contribution in [0.3, 0.4) is 0 Å². The van der Waals surface area contributed by atoms with Crippen LogP contribution >= 0.6 is 0 Å². The average molecular weight is 886 g/mol. The quantitative estimate of drug-likeness (QED) is 0.0321. The molecule has 63 heavy (non-hydrogen) atoms. The summed E-state index contributed by atoms with van der Waals surface area (Å²) in [5.74, 6) is -0.173. The first-order chi connectivity index (χ1) is 31.0. The van der Waals surface area contributed by atoms with Gasteiger partial charge in [0.05, 0.1) is 25.4 Å². The van der Waals surface area contributed by atoms with Crippen molar-refractivity contribution in [3.8, 4) is 0 Å². The standard InChI is InChI=1S/C57H107NO5/c1-3-5-7-9-11-13-15-17-19-21-22-23-24-25-26-28-30-33-37-41-45-49-55(60)54(53-59)58-56(61)50-46-42-38-34-32-36-40-44-48-52-63-57(62)51-47-43-39-35-31-29-27-20-18-16-14-12-10-8-6-4-2/h20,27,34,38,45,49,54-55,59-60H,3-19,21-26,28-33,35-37,39-44,46-48,50-53H2,1-2H3,(H,58,61)/b27-20-,38-34-,49-45+. The van der Waals surface area contributed by atoms with Gasteiger partial charge in [-0.05, 0) is 77.0 Å². The third-order valence-corrected chi connectivity index (χ3v) is 12.6. The Kier molecular flexibility index (Phi) is 51.1. The summed E-state index contributed by atoms with van der Waals surface area (Å²) in [5, 5.41) is 23.1. The molecule has 0 aliphatic rings. The topological polar surface area (TPSA) is 95.9 Å². The number of hydrogen-bond donors (Lipinski definition) is 3. The predicted octanol–water partition coefficient (Wildman–Crippen LogP) is 16.9. The lowest BCUT2D eigenvalue weighted by Crippen LogP contribution is -2.45. The summed E-state index contributed by atoms with van der Waals surface area (Å²) < 4.78 is 5.44. The van der Waals surface area contributed by atoms with E-state index in [4.69, 9.17) is 4.74 Å². The van der Waals surface area contributed by atoms with Crippen molar-refractivity contribution >= 4 is 11.9 Å². The minimum atomic E-state index is -0.877. The Morgan fingerprint density at radius 3 is 1.16 bits per heavy atom. The van der Waals surface area contributed by atoms with Gasteiger partial charge in [-0.25, -0.2) is 0 Å². The number of carbonyl (C=O) groups excluding carboxylic acids is 2. The summed E-state index contributed by atoms with van der Waals surface area (Å²) >= 11 is 0. The highest BCUT2D eigenvalue weighted by Crippen LogP contribution is 2.16. The van der Waals surface area contributed by atoms with Gasteiger partial charge in [0.2, 0.25) is 5.91 Å². The van der Waals surface area contributed by atoms with E-state index in [9.17, 15) is 19.8 Å². The van der Waals surface area contributed by atoms with E-state index >= 15 is 0 Å². The Bertz CT molecular complexity index is 1020. The number of aliphatic hydroxyl groups is 2. The van der Waals surface area contributed by atoms with Crippen molar-refractivity contribution in [1.29, 1.82) is 0 Å². The van der Waals surface area contributed by atoms with Gasteiger partial charge >= 0.3 is 5.97 Å². The molecule has 6 heteroatoms. The molecule has 0 aromatic heterocycles. The molecule has 0 heterocycles. The Hall–Kier alpha value is -1.92. The van der Waals surface area contributed by atoms with Crippen molar-refractivity contribution in [3.05, 3.63) is 36.5 Å². The molecule has 0 aromatic rings. The number of hydrogen-bond acceptors (Lipinski definition) is 5. The summed E-state index contributed by atoms with van der Waals surface area (Å²) in [5.41, 5.74) is 0. The third kappa shape index (κ3) is 49.4. The SMILES string of the molecule is CCCCCCCCC/C=C\CCCCCCCC(=O)OCCCCCC/C=C\CCCC(=O)NC(CO)C(O)/C=C/CCCCCCCCCCCCCCCCCCCCC. The Balaban J connectivity index is 3.57. The normalized spacial score (nSPS) is 12.9. The molecule has 0 bridgehead atoms. The van der Waals surface area contributed by atoms with Crippen LogP contribution in [0.25, 0.3) is 0 Å². The number of unbranched alkanes of at least 4 members (excludes halogenated alkanes) is 36. The second-order valence-corrected chi connectivity index (χ2v) is 18.9. The van der Waals surface area contributed by atoms with Crippen molar-refractivity contribution in [2.45, 2.75) is 302 Å². The zero-order valence-corrected chi connectivity index (χ0v) is 42.1. The molecule has 0 radical (unpaired) electrons. The highest BCUT2D eigenvalue weighted by Gasteiger charge is 2.18. The summed E-state index contributed by atoms with van der Waals surface area (Å²) in [6.45, 7) is 4.81. The van der Waals surface area contributed by atoms with Gasteiger partial charge in [-0.2, -0.15) is 0 Å². The van der Waals surface area contributed by atoms with Gasteiger partial charge < -0.3 is 20.3 Å². The highest BCUT2D eigenvalue weighted by molar-refractivity contribution is 5.76. The third-order valence-electron chi connectivity index (χ3n) is 12.6. The van der Waals surface area contributed by atoms with Crippen LogP contribution in [-0.2, 0) is 14.3 Å². The van der Waals surface area contributed by atoms with Crippen LogP contribution < -0.4 is 5.32 Å². The maximum atomic E-state index is 12.4. The highest BCUT2D eigenvalue weighted by atomic mass is 16.5. The Morgan fingerprint density at radius 1 is 0.429 bits per heavy atom. The van der Waals surface area contributed by atoms with Crippen LogP contribution in [0.5, 0.6) is 0 Å². The van der Waals surface area contributed by atoms with E-state index in [0.717, 1.165) is 70.6 Å². The minimum Gasteiger partial charge on any atom is -0.466 e. The van der Waals surface area contributed by atoms with Gasteiger partial charge in [-0.3, -0.25) is 9.59 Å². The van der Waals surface area contributed by atoms with Crippen LogP contribution in [0.1, 0.15) is 290 Å². The first kappa shape index (κ1) is 61.1. The zero-order valence-electron chi connectivity index (χ0n) is 42.1. The Morgan fingerprint density at radius 2 is 0.762 bits per heavy atom. The van der Waals surface area contributed by atoms with Gasteiger partial charge in [-0.1, -0.05) is 237 Å². The van der Waals surface area contributed by atoms with E-state index in [1.807, 2.05) is 6.08 Å². The molecule has 370 valence electrons. The fraction of sp³-hybridized carbons (Fsp3) is 0.860. The molecule has 0 rings (SSSR count). The lowest BCUT2D eigenvalue weighted by molar-refractivity contribution is -0.143. The fourth-order valence-corrected chi connectivity index (χ4v) is 8.34. The van der Waals surface area contributed by atoms with Gasteiger partial charge in [0.15, 0.2) is 0 Å². The maximum absolute atomic E-state index is 12.4. The lowest BCUT2D eigenvalue weighted by atomic mass is 10.0. The van der Waals surface area contributed by atoms with Gasteiger partial charge in [0.25, 0.3) is 0 Å². The Labute approximate surface area is 392 Å². The van der Waals surface area contributed by atoms with Gasteiger partial charge in [0.1, 0.15) is 0 Å². The first-order valence-electron chi connectivity index (χ1n) is 27.8. The zero-order chi connectivity index (χ0) is 45.8. The van der Waals surface area contributed by atoms with Crippen LogP contribution in [0, 0.1) is 0 Å². The van der Waals surface area contributed by atoms with Crippen molar-refractivity contribution in [2.75, 3.05) is 13.2 Å². The smallest absolute Gasteiger partial charge is 0.305 e. The van der Waals surface area contributed by atoms with E-state index in [-0.39, 0.29) is 18.5 Å². The fourth-order valence-electron chi connectivity index (χ4n) is 8.34. The molecule has 0 saturated carbocycles. The number of amides is 1. The molecule has 0 aliphatic heterocycles. The molecule has 0 saturated heterocycles. The molecule has 0 spiro atoms. The number of ether oxygens (including phenoxy) is 1. The van der Waals surface area contributed by atoms with E-state index < -0.39 is 12.1 Å². The van der Waals surface area contributed by atoms with Crippen molar-refractivity contribution in [2.24, 2.45) is 0 Å². The van der Waals surface area contributed by atoms with Crippen LogP contribution in [0.2, 0.25) is 0 Å². The molecular weight excluding hydrogens is 779 g/mol. The largest absolute Gasteiger partial charge is 0.466 e. The molecule has 0 aliphatic carbocycles. The number of esters is 1. The average Bonchev–Trinajstić information content (AvgIpc) is 3.28. The molecule has 0 fully saturated rings. The van der Waals surface area contributed by atoms with Crippen LogP contribution in [0.15, 0.2) is 36.5 Å². The van der Waals surface area contributed by atoms with Crippen LogP contribution in [0.4, 0.5) is 0 Å². The van der Waals surface area contributed by atoms with E-state index in [0.29, 0.717) is 19.4 Å². The molecule has 2 atom stereocenters. The number of allylic oxidation sites excluding steroid dienone is 5. The summed E-state index contributed by atoms with van der Waals surface area (Å²) in [6, 6.07) is -0.667. The van der Waals surface area contributed by atoms with E-state index in [1.54, 1.807) is 6.08 Å². The monoisotopic (exact) mass is 886 g/mol. The molecule has 0 aromatic carbocycles. The van der Waals surface area contributed by atoms with Crippen molar-refractivity contribution in [3.63, 3.8) is 0 Å². The summed E-state index contributed by atoms with van der Waals surface area (Å²) in [4.78, 5) is 24.5. The minimum absolute atomic E-state index is 0.0453. The van der Waals surface area contributed by atoms with Gasteiger partial charge in [-0.15, -0.1) is 0 Å². The van der Waals surface area contributed by atoms with Gasteiger partial charge in [0, 0.05) is 12.8 Å². The number of nitrogens with one attached hydrogen (secondary N) is 1. The predicted molar refractivity (Wildman–Crippen MR) is 273 cm³/mol. The first-order valence-corrected chi connectivity index (χ1v) is 27.8. The molecule has 3 N–H and O–H groups in total. The molecular formula is C57H107NO5. The molecule has 1 amide bonds. The van der Waals surface area contributed by atoms with Crippen molar-refractivity contribution in [1.82, 2.24) is 5.32 Å². The van der Waals surface area contributed by atoms with Crippen LogP contribution in [-0.4, -0.2) is 47.4 Å². The summed E-state index contributed by atoms with van der Waals surface area (Å²) in [6.07, 6.45) is 64.5. The number of rotatable bonds is 51. The number of carbonyl (C=O) groups is 2. The second kappa shape index (κ2) is 52.7. The van der Waals surface area contributed by atoms with E-state index in [1.165, 1.54) is 193 Å². The number of aliphatic hydroxyl groups excluding tert-OH is 2.